The van der Waals surface area contributed by atoms with Crippen molar-refractivity contribution in [3.8, 4) is 0 Å². The van der Waals surface area contributed by atoms with Gasteiger partial charge in [-0.2, -0.15) is 13.2 Å². The molecule has 23 heavy (non-hydrogen) atoms. The predicted octanol–water partition coefficient (Wildman–Crippen LogP) is 2.39. The van der Waals surface area contributed by atoms with Crippen LogP contribution in [0, 0.1) is 0 Å². The molecule has 2 aromatic heterocycles. The van der Waals surface area contributed by atoms with Gasteiger partial charge in [0.25, 0.3) is 5.91 Å². The smallest absolute Gasteiger partial charge is 0.367 e. The van der Waals surface area contributed by atoms with Gasteiger partial charge in [0.2, 0.25) is 0 Å². The monoisotopic (exact) mass is 345 g/mol. The third-order valence-electron chi connectivity index (χ3n) is 2.67. The highest BCUT2D eigenvalue weighted by molar-refractivity contribution is 6.32. The molecule has 0 spiro atoms. The zero-order chi connectivity index (χ0) is 16.9. The Labute approximate surface area is 134 Å². The van der Waals surface area contributed by atoms with Crippen molar-refractivity contribution >= 4 is 23.3 Å². The number of hydrogen-bond acceptors (Lipinski definition) is 5. The Morgan fingerprint density at radius 3 is 2.57 bits per heavy atom. The molecule has 0 aromatic carbocycles. The lowest BCUT2D eigenvalue weighted by Gasteiger charge is -2.11. The quantitative estimate of drug-likeness (QED) is 0.813. The summed E-state index contributed by atoms with van der Waals surface area (Å²) in [6.07, 6.45) is 0.332. The van der Waals surface area contributed by atoms with Crippen molar-refractivity contribution in [2.45, 2.75) is 6.18 Å². The third kappa shape index (κ3) is 4.78. The first kappa shape index (κ1) is 16.9. The zero-order valence-corrected chi connectivity index (χ0v) is 12.3. The number of carbonyl (C=O) groups excluding carboxylic acids is 1. The fraction of sp³-hybridized carbons (Fsp3) is 0.231. The van der Waals surface area contributed by atoms with E-state index in [4.69, 9.17) is 11.6 Å². The first-order chi connectivity index (χ1) is 10.9. The lowest BCUT2D eigenvalue weighted by molar-refractivity contribution is -0.137. The van der Waals surface area contributed by atoms with Gasteiger partial charge in [0, 0.05) is 31.7 Å². The molecule has 2 N–H and O–H groups in total. The molecule has 10 heteroatoms. The summed E-state index contributed by atoms with van der Waals surface area (Å²) in [6, 6.07) is 0.787. The maximum absolute atomic E-state index is 12.5. The molecule has 0 unspecified atom stereocenters. The van der Waals surface area contributed by atoms with Gasteiger partial charge in [-0.15, -0.1) is 0 Å². The van der Waals surface area contributed by atoms with Gasteiger partial charge in [0.05, 0.1) is 16.8 Å². The van der Waals surface area contributed by atoms with E-state index in [1.807, 2.05) is 0 Å². The summed E-state index contributed by atoms with van der Waals surface area (Å²) in [5, 5.41) is 5.15. The van der Waals surface area contributed by atoms with Crippen LogP contribution in [-0.4, -0.2) is 33.9 Å². The summed E-state index contributed by atoms with van der Waals surface area (Å²) in [5.41, 5.74) is -0.762. The molecular formula is C13H11ClF3N5O. The van der Waals surface area contributed by atoms with Gasteiger partial charge in [-0.1, -0.05) is 11.6 Å². The van der Waals surface area contributed by atoms with Gasteiger partial charge in [-0.05, 0) is 6.07 Å². The van der Waals surface area contributed by atoms with E-state index in [1.54, 1.807) is 0 Å². The number of nitrogens with zero attached hydrogens (tertiary/aromatic N) is 3. The number of aromatic nitrogens is 3. The van der Waals surface area contributed by atoms with Gasteiger partial charge >= 0.3 is 6.18 Å². The van der Waals surface area contributed by atoms with Crippen LogP contribution in [0.25, 0.3) is 0 Å². The average molecular weight is 346 g/mol. The fourth-order valence-electron chi connectivity index (χ4n) is 1.59. The van der Waals surface area contributed by atoms with Crippen LogP contribution in [0.2, 0.25) is 5.02 Å². The molecule has 1 amide bonds. The number of nitrogens with one attached hydrogen (secondary N) is 2. The van der Waals surface area contributed by atoms with Gasteiger partial charge in [0.1, 0.15) is 11.5 Å². The Balaban J connectivity index is 1.84. The van der Waals surface area contributed by atoms with Crippen molar-refractivity contribution in [1.82, 2.24) is 20.3 Å². The van der Waals surface area contributed by atoms with Crippen LogP contribution >= 0.6 is 11.6 Å². The molecule has 0 saturated heterocycles. The minimum absolute atomic E-state index is 0.105. The first-order valence-electron chi connectivity index (χ1n) is 6.39. The van der Waals surface area contributed by atoms with E-state index >= 15 is 0 Å². The standard InChI is InChI=1S/C13H11ClF3N5O/c14-9-5-8(13(15,16)17)6-22-11(9)20-3-4-21-12(23)10-7-18-1-2-19-10/h1-2,5-7H,3-4H2,(H,20,22)(H,21,23). The number of hydrogen-bond donors (Lipinski definition) is 2. The Hall–Kier alpha value is -2.42. The maximum Gasteiger partial charge on any atom is 0.417 e. The molecule has 122 valence electrons. The maximum atomic E-state index is 12.5. The van der Waals surface area contributed by atoms with Gasteiger partial charge in [0.15, 0.2) is 0 Å². The molecule has 0 fully saturated rings. The third-order valence-corrected chi connectivity index (χ3v) is 2.96. The predicted molar refractivity (Wildman–Crippen MR) is 77.1 cm³/mol. The highest BCUT2D eigenvalue weighted by atomic mass is 35.5. The van der Waals surface area contributed by atoms with Crippen LogP contribution in [0.15, 0.2) is 30.9 Å². The highest BCUT2D eigenvalue weighted by Crippen LogP contribution is 2.32. The summed E-state index contributed by atoms with van der Waals surface area (Å²) >= 11 is 5.74. The van der Waals surface area contributed by atoms with Crippen molar-refractivity contribution in [2.75, 3.05) is 18.4 Å². The fourth-order valence-corrected chi connectivity index (χ4v) is 1.82. The summed E-state index contributed by atoms with van der Waals surface area (Å²) in [7, 11) is 0. The number of rotatable bonds is 5. The Morgan fingerprint density at radius 1 is 1.17 bits per heavy atom. The molecule has 0 atom stereocenters. The van der Waals surface area contributed by atoms with Crippen LogP contribution in [0.3, 0.4) is 0 Å². The van der Waals surface area contributed by atoms with Crippen molar-refractivity contribution < 1.29 is 18.0 Å². The van der Waals surface area contributed by atoms with E-state index in [0.29, 0.717) is 6.20 Å². The lowest BCUT2D eigenvalue weighted by Crippen LogP contribution is -2.29. The Kier molecular flexibility index (Phi) is 5.32. The van der Waals surface area contributed by atoms with Crippen LogP contribution in [0.1, 0.15) is 16.1 Å². The lowest BCUT2D eigenvalue weighted by atomic mass is 10.3. The number of anilines is 1. The van der Waals surface area contributed by atoms with E-state index in [2.05, 4.69) is 25.6 Å². The molecule has 2 rings (SSSR count). The summed E-state index contributed by atoms with van der Waals surface area (Å²) in [4.78, 5) is 22.9. The van der Waals surface area contributed by atoms with E-state index < -0.39 is 17.6 Å². The van der Waals surface area contributed by atoms with Crippen LogP contribution in [0.4, 0.5) is 19.0 Å². The molecular weight excluding hydrogens is 335 g/mol. The number of alkyl halides is 3. The molecule has 6 nitrogen and oxygen atoms in total. The largest absolute Gasteiger partial charge is 0.417 e. The topological polar surface area (TPSA) is 79.8 Å². The van der Waals surface area contributed by atoms with Crippen molar-refractivity contribution in [3.63, 3.8) is 0 Å². The number of pyridine rings is 1. The molecule has 0 radical (unpaired) electrons. The molecule has 0 bridgehead atoms. The molecule has 0 aliphatic heterocycles. The molecule has 0 aliphatic rings. The number of halogens is 4. The van der Waals surface area contributed by atoms with E-state index in [0.717, 1.165) is 6.07 Å². The number of amides is 1. The summed E-state index contributed by atoms with van der Waals surface area (Å²) < 4.78 is 37.4. The van der Waals surface area contributed by atoms with Crippen LogP contribution in [0.5, 0.6) is 0 Å². The van der Waals surface area contributed by atoms with Crippen molar-refractivity contribution in [1.29, 1.82) is 0 Å². The van der Waals surface area contributed by atoms with Crippen molar-refractivity contribution in [3.05, 3.63) is 47.1 Å². The molecule has 2 heterocycles. The molecule has 0 aliphatic carbocycles. The second kappa shape index (κ2) is 7.23. The highest BCUT2D eigenvalue weighted by Gasteiger charge is 2.31. The minimum Gasteiger partial charge on any atom is -0.367 e. The van der Waals surface area contributed by atoms with Crippen LogP contribution < -0.4 is 10.6 Å². The SMILES string of the molecule is O=C(NCCNc1ncc(C(F)(F)F)cc1Cl)c1cnccn1. The van der Waals surface area contributed by atoms with E-state index in [-0.39, 0.29) is 29.6 Å². The van der Waals surface area contributed by atoms with Crippen molar-refractivity contribution in [2.24, 2.45) is 0 Å². The average Bonchev–Trinajstić information content (AvgIpc) is 2.52. The minimum atomic E-state index is -4.50. The second-order valence-corrected chi connectivity index (χ2v) is 4.73. The molecule has 2 aromatic rings. The molecule has 0 saturated carbocycles. The van der Waals surface area contributed by atoms with Gasteiger partial charge < -0.3 is 10.6 Å². The number of carbonyl (C=O) groups is 1. The first-order valence-corrected chi connectivity index (χ1v) is 6.76. The van der Waals surface area contributed by atoms with Gasteiger partial charge in [-0.25, -0.2) is 9.97 Å². The van der Waals surface area contributed by atoms with E-state index in [1.165, 1.54) is 18.6 Å². The zero-order valence-electron chi connectivity index (χ0n) is 11.6. The normalized spacial score (nSPS) is 11.1. The van der Waals surface area contributed by atoms with Crippen LogP contribution in [-0.2, 0) is 6.18 Å². The van der Waals surface area contributed by atoms with E-state index in [9.17, 15) is 18.0 Å². The van der Waals surface area contributed by atoms with Gasteiger partial charge in [-0.3, -0.25) is 9.78 Å². The Morgan fingerprint density at radius 2 is 1.96 bits per heavy atom. The summed E-state index contributed by atoms with van der Waals surface area (Å²) in [5.74, 6) is -0.306. The summed E-state index contributed by atoms with van der Waals surface area (Å²) in [6.45, 7) is 0.429. The second-order valence-electron chi connectivity index (χ2n) is 4.33. The Bertz CT molecular complexity index is 681.